The van der Waals surface area contributed by atoms with Gasteiger partial charge in [-0.2, -0.15) is 0 Å². The largest absolute Gasteiger partial charge is 0.298 e. The number of benzene rings is 2. The van der Waals surface area contributed by atoms with Gasteiger partial charge in [0.2, 0.25) is 0 Å². The summed E-state index contributed by atoms with van der Waals surface area (Å²) in [6.45, 7) is 3.87. The normalized spacial score (nSPS) is 21.8. The Balaban J connectivity index is 2.23. The highest BCUT2D eigenvalue weighted by Gasteiger charge is 2.49. The van der Waals surface area contributed by atoms with Gasteiger partial charge >= 0.3 is 0 Å². The topological polar surface area (TPSA) is 17.1 Å². The summed E-state index contributed by atoms with van der Waals surface area (Å²) >= 11 is 0. The predicted molar refractivity (Wildman–Crippen MR) is 78.0 cm³/mol. The van der Waals surface area contributed by atoms with E-state index in [1.54, 1.807) is 0 Å². The number of hydrogen-bond acceptors (Lipinski definition) is 1. The second kappa shape index (κ2) is 4.51. The number of ketones is 1. The molecule has 0 aromatic heterocycles. The lowest BCUT2D eigenvalue weighted by Gasteiger charge is -2.42. The second-order valence-electron chi connectivity index (χ2n) is 4.99. The standard InChI is InChI=1S/C18H16O/c1-2-14-8-6-7-11-16(14)18(13-12-17(18)19)15-9-4-3-5-10-15/h2-11H,1,12-13H2. The summed E-state index contributed by atoms with van der Waals surface area (Å²) < 4.78 is 0. The maximum Gasteiger partial charge on any atom is 0.147 e. The van der Waals surface area contributed by atoms with Crippen LogP contribution in [-0.2, 0) is 10.2 Å². The maximum atomic E-state index is 12.4. The molecule has 0 N–H and O–H groups in total. The Morgan fingerprint density at radius 2 is 1.68 bits per heavy atom. The maximum absolute atomic E-state index is 12.4. The number of rotatable bonds is 3. The lowest BCUT2D eigenvalue weighted by atomic mass is 9.58. The van der Waals surface area contributed by atoms with E-state index in [2.05, 4.69) is 24.8 Å². The van der Waals surface area contributed by atoms with Crippen LogP contribution in [0.1, 0.15) is 29.5 Å². The molecule has 1 nitrogen and oxygen atoms in total. The van der Waals surface area contributed by atoms with E-state index in [4.69, 9.17) is 0 Å². The van der Waals surface area contributed by atoms with Crippen molar-refractivity contribution in [3.05, 3.63) is 77.9 Å². The van der Waals surface area contributed by atoms with Crippen LogP contribution in [0.3, 0.4) is 0 Å². The first-order valence-corrected chi connectivity index (χ1v) is 6.60. The minimum atomic E-state index is -0.452. The van der Waals surface area contributed by atoms with Gasteiger partial charge in [-0.05, 0) is 23.1 Å². The van der Waals surface area contributed by atoms with Crippen molar-refractivity contribution < 1.29 is 4.79 Å². The summed E-state index contributed by atoms with van der Waals surface area (Å²) in [5.74, 6) is 0.313. The molecule has 2 aromatic carbocycles. The van der Waals surface area contributed by atoms with Crippen molar-refractivity contribution in [1.29, 1.82) is 0 Å². The van der Waals surface area contributed by atoms with Gasteiger partial charge in [0.1, 0.15) is 5.78 Å². The Morgan fingerprint density at radius 3 is 2.26 bits per heavy atom. The van der Waals surface area contributed by atoms with Gasteiger partial charge in [-0.15, -0.1) is 0 Å². The van der Waals surface area contributed by atoms with E-state index in [-0.39, 0.29) is 0 Å². The fourth-order valence-electron chi connectivity index (χ4n) is 3.01. The number of carbonyl (C=O) groups is 1. The quantitative estimate of drug-likeness (QED) is 0.803. The first kappa shape index (κ1) is 11.9. The monoisotopic (exact) mass is 248 g/mol. The van der Waals surface area contributed by atoms with Gasteiger partial charge in [0.05, 0.1) is 5.41 Å². The Bertz CT molecular complexity index is 627. The molecule has 0 heterocycles. The van der Waals surface area contributed by atoms with Crippen LogP contribution in [0.2, 0.25) is 0 Å². The fraction of sp³-hybridized carbons (Fsp3) is 0.167. The molecule has 3 rings (SSSR count). The van der Waals surface area contributed by atoms with Crippen molar-refractivity contribution in [1.82, 2.24) is 0 Å². The van der Waals surface area contributed by atoms with E-state index < -0.39 is 5.41 Å². The molecule has 1 aliphatic carbocycles. The van der Waals surface area contributed by atoms with Crippen molar-refractivity contribution in [2.24, 2.45) is 0 Å². The van der Waals surface area contributed by atoms with Crippen molar-refractivity contribution in [3.63, 3.8) is 0 Å². The predicted octanol–water partition coefficient (Wildman–Crippen LogP) is 3.98. The summed E-state index contributed by atoms with van der Waals surface area (Å²) in [6, 6.07) is 18.2. The van der Waals surface area contributed by atoms with Crippen LogP contribution in [0, 0.1) is 0 Å². The van der Waals surface area contributed by atoms with Gasteiger partial charge in [-0.25, -0.2) is 0 Å². The van der Waals surface area contributed by atoms with Crippen LogP contribution in [0.4, 0.5) is 0 Å². The fourth-order valence-corrected chi connectivity index (χ4v) is 3.01. The zero-order valence-corrected chi connectivity index (χ0v) is 10.8. The van der Waals surface area contributed by atoms with Crippen LogP contribution < -0.4 is 0 Å². The zero-order valence-electron chi connectivity index (χ0n) is 10.8. The van der Waals surface area contributed by atoms with E-state index in [9.17, 15) is 4.79 Å². The van der Waals surface area contributed by atoms with E-state index in [0.29, 0.717) is 12.2 Å². The Kier molecular flexibility index (Phi) is 2.83. The first-order chi connectivity index (χ1) is 9.29. The van der Waals surface area contributed by atoms with Crippen LogP contribution in [0.15, 0.2) is 61.2 Å². The van der Waals surface area contributed by atoms with Gasteiger partial charge in [0, 0.05) is 6.42 Å². The lowest BCUT2D eigenvalue weighted by Crippen LogP contribution is -2.46. The Morgan fingerprint density at radius 1 is 1.00 bits per heavy atom. The smallest absolute Gasteiger partial charge is 0.147 e. The number of Topliss-reactive ketones (excluding diaryl/α,β-unsaturated/α-hetero) is 1. The molecule has 1 heteroatoms. The van der Waals surface area contributed by atoms with Crippen molar-refractivity contribution in [2.75, 3.05) is 0 Å². The van der Waals surface area contributed by atoms with Crippen molar-refractivity contribution in [2.45, 2.75) is 18.3 Å². The molecular formula is C18H16O. The molecule has 0 aliphatic heterocycles. The molecule has 2 aromatic rings. The van der Waals surface area contributed by atoms with Gasteiger partial charge in [0.15, 0.2) is 0 Å². The van der Waals surface area contributed by atoms with E-state index >= 15 is 0 Å². The van der Waals surface area contributed by atoms with E-state index in [1.807, 2.05) is 42.5 Å². The minimum absolute atomic E-state index is 0.313. The third kappa shape index (κ3) is 1.66. The van der Waals surface area contributed by atoms with Gasteiger partial charge < -0.3 is 0 Å². The highest BCUT2D eigenvalue weighted by molar-refractivity contribution is 6.00. The molecule has 0 bridgehead atoms. The highest BCUT2D eigenvalue weighted by atomic mass is 16.1. The molecule has 1 fully saturated rings. The molecule has 19 heavy (non-hydrogen) atoms. The Labute approximate surface area is 113 Å². The molecule has 0 amide bonds. The summed E-state index contributed by atoms with van der Waals surface area (Å²) in [6.07, 6.45) is 3.40. The minimum Gasteiger partial charge on any atom is -0.298 e. The molecule has 1 unspecified atom stereocenters. The van der Waals surface area contributed by atoms with Crippen LogP contribution in [-0.4, -0.2) is 5.78 Å². The first-order valence-electron chi connectivity index (χ1n) is 6.60. The highest BCUT2D eigenvalue weighted by Crippen LogP contribution is 2.47. The Hall–Kier alpha value is -2.15. The molecule has 0 saturated heterocycles. The van der Waals surface area contributed by atoms with Crippen molar-refractivity contribution >= 4 is 11.9 Å². The molecule has 1 saturated carbocycles. The molecule has 0 radical (unpaired) electrons. The average Bonchev–Trinajstić information content (AvgIpc) is 2.48. The summed E-state index contributed by atoms with van der Waals surface area (Å²) in [5.41, 5.74) is 2.79. The third-order valence-corrected chi connectivity index (χ3v) is 4.11. The van der Waals surface area contributed by atoms with Crippen LogP contribution in [0.25, 0.3) is 6.08 Å². The summed E-state index contributed by atoms with van der Waals surface area (Å²) in [7, 11) is 0. The van der Waals surface area contributed by atoms with Gasteiger partial charge in [0.25, 0.3) is 0 Å². The van der Waals surface area contributed by atoms with E-state index in [0.717, 1.165) is 23.1 Å². The van der Waals surface area contributed by atoms with E-state index in [1.165, 1.54) is 0 Å². The molecular weight excluding hydrogens is 232 g/mol. The molecule has 94 valence electrons. The lowest BCUT2D eigenvalue weighted by molar-refractivity contribution is -0.129. The molecule has 0 spiro atoms. The van der Waals surface area contributed by atoms with Crippen LogP contribution in [0.5, 0.6) is 0 Å². The summed E-state index contributed by atoms with van der Waals surface area (Å²) in [4.78, 5) is 12.4. The van der Waals surface area contributed by atoms with Gasteiger partial charge in [-0.1, -0.05) is 67.3 Å². The number of carbonyl (C=O) groups excluding carboxylic acids is 1. The number of hydrogen-bond donors (Lipinski definition) is 0. The van der Waals surface area contributed by atoms with Crippen molar-refractivity contribution in [3.8, 4) is 0 Å². The van der Waals surface area contributed by atoms with Crippen LogP contribution >= 0.6 is 0 Å². The zero-order chi connectivity index (χ0) is 13.3. The van der Waals surface area contributed by atoms with Gasteiger partial charge in [-0.3, -0.25) is 4.79 Å². The average molecular weight is 248 g/mol. The summed E-state index contributed by atoms with van der Waals surface area (Å²) in [5, 5.41) is 0. The molecule has 1 aliphatic rings. The SMILES string of the molecule is C=Cc1ccccc1C1(c2ccccc2)CCC1=O. The molecule has 1 atom stereocenters. The second-order valence-corrected chi connectivity index (χ2v) is 4.99. The third-order valence-electron chi connectivity index (χ3n) is 4.11.